The van der Waals surface area contributed by atoms with Gasteiger partial charge < -0.3 is 15.4 Å². The monoisotopic (exact) mass is 291 g/mol. The van der Waals surface area contributed by atoms with Gasteiger partial charge >= 0.3 is 0 Å². The molecule has 2 rings (SSSR count). The summed E-state index contributed by atoms with van der Waals surface area (Å²) in [5.74, 6) is 0. The summed E-state index contributed by atoms with van der Waals surface area (Å²) >= 11 is 0. The highest BCUT2D eigenvalue weighted by Crippen LogP contribution is 2.25. The number of likely N-dealkylation sites (tertiary alicyclic amines) is 1. The van der Waals surface area contributed by atoms with Gasteiger partial charge in [-0.25, -0.2) is 0 Å². The van der Waals surface area contributed by atoms with Gasteiger partial charge in [0.2, 0.25) is 0 Å². The van der Waals surface area contributed by atoms with Crippen LogP contribution in [0.3, 0.4) is 0 Å². The number of rotatable bonds is 6. The van der Waals surface area contributed by atoms with Crippen LogP contribution in [-0.2, 0) is 11.3 Å². The van der Waals surface area contributed by atoms with Crippen LogP contribution in [0.1, 0.15) is 30.0 Å². The number of ether oxygens (including phenoxy) is 1. The Hall–Kier alpha value is -0.940. The SMILES string of the molecule is COCc1cccc(C(CN)N2CCC(N(C)C)CC2)c1. The molecule has 1 unspecified atom stereocenters. The van der Waals surface area contributed by atoms with Crippen LogP contribution in [-0.4, -0.2) is 56.7 Å². The van der Waals surface area contributed by atoms with Crippen molar-refractivity contribution in [2.24, 2.45) is 5.73 Å². The number of methoxy groups -OCH3 is 1. The maximum Gasteiger partial charge on any atom is 0.0713 e. The van der Waals surface area contributed by atoms with E-state index in [-0.39, 0.29) is 0 Å². The van der Waals surface area contributed by atoms with E-state index in [4.69, 9.17) is 10.5 Å². The second-order valence-corrected chi connectivity index (χ2v) is 6.16. The lowest BCUT2D eigenvalue weighted by Gasteiger charge is -2.39. The Bertz CT molecular complexity index is 428. The van der Waals surface area contributed by atoms with Gasteiger partial charge in [0.1, 0.15) is 0 Å². The third-order valence-electron chi connectivity index (χ3n) is 4.54. The fraction of sp³-hybridized carbons (Fsp3) is 0.647. The predicted octanol–water partition coefficient (Wildman–Crippen LogP) is 1.86. The van der Waals surface area contributed by atoms with Crippen LogP contribution in [0, 0.1) is 0 Å². The van der Waals surface area contributed by atoms with Gasteiger partial charge in [-0.2, -0.15) is 0 Å². The van der Waals surface area contributed by atoms with Crippen molar-refractivity contribution in [3.63, 3.8) is 0 Å². The Morgan fingerprint density at radius 3 is 2.62 bits per heavy atom. The molecular weight excluding hydrogens is 262 g/mol. The van der Waals surface area contributed by atoms with E-state index in [9.17, 15) is 0 Å². The van der Waals surface area contributed by atoms with Gasteiger partial charge in [0.15, 0.2) is 0 Å². The second kappa shape index (κ2) is 7.90. The Kier molecular flexibility index (Phi) is 6.18. The highest BCUT2D eigenvalue weighted by atomic mass is 16.5. The van der Waals surface area contributed by atoms with Gasteiger partial charge in [0, 0.05) is 38.8 Å². The van der Waals surface area contributed by atoms with E-state index >= 15 is 0 Å². The van der Waals surface area contributed by atoms with Crippen LogP contribution >= 0.6 is 0 Å². The maximum atomic E-state index is 6.07. The third kappa shape index (κ3) is 4.27. The fourth-order valence-corrected chi connectivity index (χ4v) is 3.27. The molecule has 0 bridgehead atoms. The average molecular weight is 291 g/mol. The summed E-state index contributed by atoms with van der Waals surface area (Å²) in [6.45, 7) is 3.58. The minimum absolute atomic E-state index is 0.324. The molecule has 1 atom stereocenters. The molecule has 1 aliphatic rings. The largest absolute Gasteiger partial charge is 0.380 e. The molecule has 1 aliphatic heterocycles. The summed E-state index contributed by atoms with van der Waals surface area (Å²) < 4.78 is 5.23. The lowest BCUT2D eigenvalue weighted by atomic mass is 9.97. The zero-order valence-corrected chi connectivity index (χ0v) is 13.6. The Morgan fingerprint density at radius 1 is 1.33 bits per heavy atom. The second-order valence-electron chi connectivity index (χ2n) is 6.16. The normalized spacial score (nSPS) is 19.1. The first-order valence-electron chi connectivity index (χ1n) is 7.84. The molecule has 21 heavy (non-hydrogen) atoms. The van der Waals surface area contributed by atoms with Crippen molar-refractivity contribution in [3.8, 4) is 0 Å². The highest BCUT2D eigenvalue weighted by Gasteiger charge is 2.26. The van der Waals surface area contributed by atoms with Crippen molar-refractivity contribution in [1.82, 2.24) is 9.80 Å². The van der Waals surface area contributed by atoms with E-state index in [0.29, 0.717) is 25.2 Å². The summed E-state index contributed by atoms with van der Waals surface area (Å²) in [6.07, 6.45) is 2.45. The van der Waals surface area contributed by atoms with Crippen LogP contribution in [0.5, 0.6) is 0 Å². The van der Waals surface area contributed by atoms with Crippen molar-refractivity contribution in [2.75, 3.05) is 40.8 Å². The number of nitrogens with zero attached hydrogens (tertiary/aromatic N) is 2. The summed E-state index contributed by atoms with van der Waals surface area (Å²) in [5, 5.41) is 0. The first-order valence-corrected chi connectivity index (χ1v) is 7.84. The first-order chi connectivity index (χ1) is 10.2. The lowest BCUT2D eigenvalue weighted by molar-refractivity contribution is 0.110. The molecule has 1 heterocycles. The minimum atomic E-state index is 0.324. The molecule has 0 aliphatic carbocycles. The fourth-order valence-electron chi connectivity index (χ4n) is 3.27. The van der Waals surface area contributed by atoms with Crippen molar-refractivity contribution >= 4 is 0 Å². The summed E-state index contributed by atoms with van der Waals surface area (Å²) in [4.78, 5) is 4.87. The van der Waals surface area contributed by atoms with Gasteiger partial charge in [-0.1, -0.05) is 24.3 Å². The van der Waals surface area contributed by atoms with Crippen LogP contribution < -0.4 is 5.73 Å². The van der Waals surface area contributed by atoms with Crippen molar-refractivity contribution in [1.29, 1.82) is 0 Å². The third-order valence-corrected chi connectivity index (χ3v) is 4.54. The topological polar surface area (TPSA) is 41.7 Å². The molecule has 0 saturated carbocycles. The van der Waals surface area contributed by atoms with E-state index in [0.717, 1.165) is 13.1 Å². The summed E-state index contributed by atoms with van der Waals surface area (Å²) in [5.41, 5.74) is 8.61. The number of hydrogen-bond donors (Lipinski definition) is 1. The average Bonchev–Trinajstić information content (AvgIpc) is 2.49. The van der Waals surface area contributed by atoms with Crippen molar-refractivity contribution in [3.05, 3.63) is 35.4 Å². The molecule has 118 valence electrons. The molecule has 0 aromatic heterocycles. The maximum absolute atomic E-state index is 6.07. The van der Waals surface area contributed by atoms with E-state index in [1.54, 1.807) is 7.11 Å². The Labute approximate surface area is 128 Å². The molecule has 0 radical (unpaired) electrons. The van der Waals surface area contributed by atoms with Crippen LogP contribution in [0.15, 0.2) is 24.3 Å². The number of nitrogens with two attached hydrogens (primary N) is 1. The quantitative estimate of drug-likeness (QED) is 0.868. The number of benzene rings is 1. The highest BCUT2D eigenvalue weighted by molar-refractivity contribution is 5.26. The van der Waals surface area contributed by atoms with E-state index < -0.39 is 0 Å². The molecule has 1 aromatic carbocycles. The molecule has 0 amide bonds. The number of hydrogen-bond acceptors (Lipinski definition) is 4. The van der Waals surface area contributed by atoms with Crippen LogP contribution in [0.25, 0.3) is 0 Å². The van der Waals surface area contributed by atoms with E-state index in [2.05, 4.69) is 48.2 Å². The smallest absolute Gasteiger partial charge is 0.0713 e. The Morgan fingerprint density at radius 2 is 2.05 bits per heavy atom. The molecule has 0 spiro atoms. The van der Waals surface area contributed by atoms with Gasteiger partial charge in [-0.3, -0.25) is 4.90 Å². The lowest BCUT2D eigenvalue weighted by Crippen LogP contribution is -2.45. The molecule has 1 aromatic rings. The summed E-state index contributed by atoms with van der Waals surface area (Å²) in [6, 6.07) is 9.68. The summed E-state index contributed by atoms with van der Waals surface area (Å²) in [7, 11) is 6.09. The van der Waals surface area contributed by atoms with Crippen molar-refractivity contribution in [2.45, 2.75) is 31.5 Å². The first kappa shape index (κ1) is 16.4. The Balaban J connectivity index is 2.04. The molecule has 2 N–H and O–H groups in total. The van der Waals surface area contributed by atoms with Crippen molar-refractivity contribution < 1.29 is 4.74 Å². The van der Waals surface area contributed by atoms with Crippen LogP contribution in [0.4, 0.5) is 0 Å². The zero-order chi connectivity index (χ0) is 15.2. The molecule has 1 saturated heterocycles. The molecular formula is C17H29N3O. The molecule has 1 fully saturated rings. The standard InChI is InChI=1S/C17H29N3O/c1-19(2)16-7-9-20(10-8-16)17(12-18)15-6-4-5-14(11-15)13-21-3/h4-6,11,16-17H,7-10,12-13,18H2,1-3H3. The van der Waals surface area contributed by atoms with Gasteiger partial charge in [0.25, 0.3) is 0 Å². The minimum Gasteiger partial charge on any atom is -0.380 e. The van der Waals surface area contributed by atoms with E-state index in [1.165, 1.54) is 24.0 Å². The predicted molar refractivity (Wildman–Crippen MR) is 87.2 cm³/mol. The molecule has 4 nitrogen and oxygen atoms in total. The van der Waals surface area contributed by atoms with Gasteiger partial charge in [-0.05, 0) is 38.1 Å². The zero-order valence-electron chi connectivity index (χ0n) is 13.6. The van der Waals surface area contributed by atoms with Gasteiger partial charge in [-0.15, -0.1) is 0 Å². The molecule has 4 heteroatoms. The van der Waals surface area contributed by atoms with Crippen LogP contribution in [0.2, 0.25) is 0 Å². The number of piperidine rings is 1. The van der Waals surface area contributed by atoms with Gasteiger partial charge in [0.05, 0.1) is 6.61 Å². The van der Waals surface area contributed by atoms with E-state index in [1.807, 2.05) is 0 Å².